The van der Waals surface area contributed by atoms with Crippen molar-refractivity contribution in [1.29, 1.82) is 0 Å². The molecule has 1 aromatic heterocycles. The van der Waals surface area contributed by atoms with Crippen molar-refractivity contribution in [3.8, 4) is 0 Å². The fourth-order valence-electron chi connectivity index (χ4n) is 3.88. The van der Waals surface area contributed by atoms with E-state index in [2.05, 4.69) is 27.2 Å². The van der Waals surface area contributed by atoms with E-state index < -0.39 is 0 Å². The molecule has 33 heavy (non-hydrogen) atoms. The van der Waals surface area contributed by atoms with Crippen molar-refractivity contribution in [3.63, 3.8) is 0 Å². The molecule has 0 N–H and O–H groups in total. The van der Waals surface area contributed by atoms with Gasteiger partial charge < -0.3 is 4.57 Å². The summed E-state index contributed by atoms with van der Waals surface area (Å²) in [7, 11) is 0. The van der Waals surface area contributed by atoms with Crippen molar-refractivity contribution in [1.82, 2.24) is 9.47 Å². The Hall–Kier alpha value is -2.55. The van der Waals surface area contributed by atoms with Gasteiger partial charge in [0.1, 0.15) is 0 Å². The summed E-state index contributed by atoms with van der Waals surface area (Å²) in [6.45, 7) is 0.884. The van der Waals surface area contributed by atoms with Crippen LogP contribution in [0.2, 0.25) is 5.02 Å². The molecular formula is C26H18ClIN2O2S. The zero-order chi connectivity index (χ0) is 22.9. The number of carbonyl (C=O) groups is 2. The second-order valence-electron chi connectivity index (χ2n) is 7.72. The predicted octanol–water partition coefficient (Wildman–Crippen LogP) is 7.18. The molecule has 164 valence electrons. The van der Waals surface area contributed by atoms with Crippen LogP contribution in [-0.4, -0.2) is 20.6 Å². The number of aromatic nitrogens is 1. The van der Waals surface area contributed by atoms with E-state index in [4.69, 9.17) is 11.6 Å². The summed E-state index contributed by atoms with van der Waals surface area (Å²) in [5.41, 5.74) is 3.89. The van der Waals surface area contributed by atoms with Crippen LogP contribution in [0, 0.1) is 3.57 Å². The molecule has 1 aliphatic rings. The number of carbonyl (C=O) groups excluding carboxylic acids is 2. The lowest BCUT2D eigenvalue weighted by molar-refractivity contribution is -0.123. The molecule has 2 amide bonds. The molecule has 0 spiro atoms. The summed E-state index contributed by atoms with van der Waals surface area (Å²) in [5.74, 6) is -0.258. The highest BCUT2D eigenvalue weighted by atomic mass is 127. The Bertz CT molecular complexity index is 1410. The molecule has 7 heteroatoms. The van der Waals surface area contributed by atoms with Gasteiger partial charge in [0.05, 0.1) is 11.4 Å². The Labute approximate surface area is 214 Å². The molecule has 0 bridgehead atoms. The van der Waals surface area contributed by atoms with Gasteiger partial charge in [-0.2, -0.15) is 0 Å². The van der Waals surface area contributed by atoms with E-state index in [1.54, 1.807) is 0 Å². The molecule has 3 aromatic carbocycles. The lowest BCUT2D eigenvalue weighted by Gasteiger charge is -2.12. The molecule has 1 saturated heterocycles. The number of halogens is 2. The maximum atomic E-state index is 13.1. The maximum absolute atomic E-state index is 13.1. The van der Waals surface area contributed by atoms with E-state index in [1.807, 2.05) is 85.1 Å². The third kappa shape index (κ3) is 4.60. The minimum atomic E-state index is -0.258. The monoisotopic (exact) mass is 584 g/mol. The third-order valence-electron chi connectivity index (χ3n) is 5.53. The minimum absolute atomic E-state index is 0.246. The van der Waals surface area contributed by atoms with E-state index in [0.29, 0.717) is 16.5 Å². The second kappa shape index (κ2) is 9.37. The smallest absolute Gasteiger partial charge is 0.293 e. The number of fused-ring (bicyclic) bond motifs is 1. The molecule has 1 fully saturated rings. The minimum Gasteiger partial charge on any atom is -0.342 e. The molecule has 1 aliphatic heterocycles. The third-order valence-corrected chi connectivity index (χ3v) is 7.53. The SMILES string of the molecule is O=C1S/C(=C\c2cn(Cc3ccccc3Cl)c3ccccc23)C(=O)N1Cc1ccc(I)cc1. The molecule has 2 heterocycles. The first-order valence-electron chi connectivity index (χ1n) is 10.3. The van der Waals surface area contributed by atoms with Crippen molar-refractivity contribution in [2.24, 2.45) is 0 Å². The fraction of sp³-hybridized carbons (Fsp3) is 0.0769. The normalized spacial score (nSPS) is 15.2. The summed E-state index contributed by atoms with van der Waals surface area (Å²) < 4.78 is 3.23. The fourth-order valence-corrected chi connectivity index (χ4v) is 5.27. The number of benzene rings is 3. The van der Waals surface area contributed by atoms with Gasteiger partial charge in [0.2, 0.25) is 0 Å². The van der Waals surface area contributed by atoms with Gasteiger partial charge in [0.25, 0.3) is 11.1 Å². The molecule has 0 aliphatic carbocycles. The number of nitrogens with zero attached hydrogens (tertiary/aromatic N) is 2. The topological polar surface area (TPSA) is 42.3 Å². The lowest BCUT2D eigenvalue weighted by Crippen LogP contribution is -2.27. The molecule has 0 atom stereocenters. The highest BCUT2D eigenvalue weighted by Gasteiger charge is 2.35. The van der Waals surface area contributed by atoms with Gasteiger partial charge in [-0.05, 0) is 75.8 Å². The standard InChI is InChI=1S/C26H18ClIN2O2S/c27-22-7-3-1-5-18(22)15-29-16-19(21-6-2-4-8-23(21)29)13-24-25(31)30(26(32)33-24)14-17-9-11-20(28)12-10-17/h1-13,16H,14-15H2/b24-13-. The van der Waals surface area contributed by atoms with Gasteiger partial charge in [-0.1, -0.05) is 60.1 Å². The van der Waals surface area contributed by atoms with Crippen molar-refractivity contribution in [2.75, 3.05) is 0 Å². The van der Waals surface area contributed by atoms with Crippen LogP contribution in [-0.2, 0) is 17.9 Å². The van der Waals surface area contributed by atoms with Gasteiger partial charge in [0.15, 0.2) is 0 Å². The first-order valence-corrected chi connectivity index (χ1v) is 12.6. The van der Waals surface area contributed by atoms with Crippen LogP contribution in [0.25, 0.3) is 17.0 Å². The molecule has 0 radical (unpaired) electrons. The van der Waals surface area contributed by atoms with Gasteiger partial charge in [0, 0.05) is 37.8 Å². The molecule has 5 rings (SSSR count). The molecule has 0 saturated carbocycles. The van der Waals surface area contributed by atoms with E-state index in [1.165, 1.54) is 4.90 Å². The van der Waals surface area contributed by atoms with E-state index >= 15 is 0 Å². The summed E-state index contributed by atoms with van der Waals surface area (Å²) in [6, 6.07) is 23.6. The molecular weight excluding hydrogens is 567 g/mol. The number of para-hydroxylation sites is 1. The Morgan fingerprint density at radius 2 is 1.64 bits per heavy atom. The van der Waals surface area contributed by atoms with Crippen LogP contribution in [0.5, 0.6) is 0 Å². The highest BCUT2D eigenvalue weighted by molar-refractivity contribution is 14.1. The predicted molar refractivity (Wildman–Crippen MR) is 143 cm³/mol. The lowest BCUT2D eigenvalue weighted by atomic mass is 10.1. The van der Waals surface area contributed by atoms with Gasteiger partial charge in [-0.25, -0.2) is 0 Å². The summed E-state index contributed by atoms with van der Waals surface area (Å²) >= 11 is 9.60. The molecule has 4 nitrogen and oxygen atoms in total. The van der Waals surface area contributed by atoms with Gasteiger partial charge in [-0.3, -0.25) is 14.5 Å². The van der Waals surface area contributed by atoms with Crippen molar-refractivity contribution in [2.45, 2.75) is 13.1 Å². The van der Waals surface area contributed by atoms with Crippen LogP contribution in [0.1, 0.15) is 16.7 Å². The average Bonchev–Trinajstić information content (AvgIpc) is 3.29. The van der Waals surface area contributed by atoms with Crippen LogP contribution in [0.4, 0.5) is 4.79 Å². The maximum Gasteiger partial charge on any atom is 0.293 e. The quantitative estimate of drug-likeness (QED) is 0.184. The summed E-state index contributed by atoms with van der Waals surface area (Å²) in [6.07, 6.45) is 3.84. The second-order valence-corrected chi connectivity index (χ2v) is 10.4. The number of hydrogen-bond donors (Lipinski definition) is 0. The summed E-state index contributed by atoms with van der Waals surface area (Å²) in [5, 5.41) is 1.49. The highest BCUT2D eigenvalue weighted by Crippen LogP contribution is 2.35. The van der Waals surface area contributed by atoms with Crippen molar-refractivity contribution < 1.29 is 9.59 Å². The van der Waals surface area contributed by atoms with Crippen molar-refractivity contribution in [3.05, 3.63) is 109 Å². The number of thioether (sulfide) groups is 1. The Morgan fingerprint density at radius 3 is 2.42 bits per heavy atom. The van der Waals surface area contributed by atoms with E-state index in [0.717, 1.165) is 42.9 Å². The van der Waals surface area contributed by atoms with E-state index in [9.17, 15) is 9.59 Å². The Morgan fingerprint density at radius 1 is 0.909 bits per heavy atom. The zero-order valence-corrected chi connectivity index (χ0v) is 21.1. The Balaban J connectivity index is 1.46. The Kier molecular flexibility index (Phi) is 6.32. The van der Waals surface area contributed by atoms with Gasteiger partial charge in [-0.15, -0.1) is 0 Å². The van der Waals surface area contributed by atoms with Crippen LogP contribution in [0.3, 0.4) is 0 Å². The number of imide groups is 1. The first kappa shape index (κ1) is 22.3. The number of amides is 2. The molecule has 0 unspecified atom stereocenters. The van der Waals surface area contributed by atoms with E-state index in [-0.39, 0.29) is 17.7 Å². The number of rotatable bonds is 5. The van der Waals surface area contributed by atoms with Crippen molar-refractivity contribution >= 4 is 74.1 Å². The zero-order valence-electron chi connectivity index (χ0n) is 17.4. The van der Waals surface area contributed by atoms with Crippen LogP contribution >= 0.6 is 46.0 Å². The van der Waals surface area contributed by atoms with Gasteiger partial charge >= 0.3 is 0 Å². The van der Waals surface area contributed by atoms with Crippen LogP contribution in [0.15, 0.2) is 83.9 Å². The largest absolute Gasteiger partial charge is 0.342 e. The molecule has 4 aromatic rings. The first-order chi connectivity index (χ1) is 16.0. The van der Waals surface area contributed by atoms with Crippen LogP contribution < -0.4 is 0 Å². The average molecular weight is 585 g/mol. The summed E-state index contributed by atoms with van der Waals surface area (Å²) in [4.78, 5) is 27.4. The number of hydrogen-bond acceptors (Lipinski definition) is 3.